The van der Waals surface area contributed by atoms with E-state index in [4.69, 9.17) is 0 Å². The van der Waals surface area contributed by atoms with Gasteiger partial charge in [-0.2, -0.15) is 0 Å². The summed E-state index contributed by atoms with van der Waals surface area (Å²) >= 11 is 2.41. The average molecular weight is 370 g/mol. The number of carbonyl (C=O) groups is 1. The third-order valence-corrected chi connectivity index (χ3v) is 5.33. The maximum atomic E-state index is 12.2. The van der Waals surface area contributed by atoms with Crippen LogP contribution in [0.3, 0.4) is 0 Å². The van der Waals surface area contributed by atoms with E-state index in [0.717, 1.165) is 27.6 Å². The molecule has 0 saturated heterocycles. The minimum absolute atomic E-state index is 0.0553. The standard InChI is InChI=1S/C16H10N4O3S2/c21-15(13-5-6-14(25-13)20(22)23)17-11-3-1-10(2-4-11)12-9-19-7-8-24-16(19)18-12/h1-9H,(H,17,21). The van der Waals surface area contributed by atoms with E-state index in [0.29, 0.717) is 10.6 Å². The summed E-state index contributed by atoms with van der Waals surface area (Å²) in [4.78, 5) is 28.1. The van der Waals surface area contributed by atoms with Crippen molar-refractivity contribution >= 4 is 44.2 Å². The summed E-state index contributed by atoms with van der Waals surface area (Å²) in [5.74, 6) is -0.367. The van der Waals surface area contributed by atoms with E-state index in [2.05, 4.69) is 10.3 Å². The maximum absolute atomic E-state index is 12.2. The van der Waals surface area contributed by atoms with Gasteiger partial charge < -0.3 is 5.32 Å². The maximum Gasteiger partial charge on any atom is 0.324 e. The van der Waals surface area contributed by atoms with Crippen LogP contribution < -0.4 is 5.32 Å². The van der Waals surface area contributed by atoms with Crippen LogP contribution in [0.5, 0.6) is 0 Å². The quantitative estimate of drug-likeness (QED) is 0.429. The number of aromatic nitrogens is 2. The third kappa shape index (κ3) is 3.02. The zero-order valence-electron chi connectivity index (χ0n) is 12.6. The fourth-order valence-corrected chi connectivity index (χ4v) is 3.75. The minimum atomic E-state index is -0.508. The lowest BCUT2D eigenvalue weighted by atomic mass is 10.1. The Balaban J connectivity index is 1.50. The Kier molecular flexibility index (Phi) is 3.79. The summed E-state index contributed by atoms with van der Waals surface area (Å²) in [6.07, 6.45) is 3.90. The van der Waals surface area contributed by atoms with E-state index >= 15 is 0 Å². The van der Waals surface area contributed by atoms with E-state index in [1.54, 1.807) is 23.5 Å². The molecule has 4 aromatic rings. The van der Waals surface area contributed by atoms with Gasteiger partial charge in [-0.05, 0) is 18.2 Å². The smallest absolute Gasteiger partial charge is 0.321 e. The molecule has 3 heterocycles. The monoisotopic (exact) mass is 370 g/mol. The number of fused-ring (bicyclic) bond motifs is 1. The highest BCUT2D eigenvalue weighted by atomic mass is 32.1. The SMILES string of the molecule is O=C(Nc1ccc(-c2cn3ccsc3n2)cc1)c1ccc([N+](=O)[O-])s1. The molecule has 0 saturated carbocycles. The van der Waals surface area contributed by atoms with Crippen molar-refractivity contribution in [1.82, 2.24) is 9.38 Å². The zero-order chi connectivity index (χ0) is 17.4. The van der Waals surface area contributed by atoms with E-state index in [-0.39, 0.29) is 10.9 Å². The zero-order valence-corrected chi connectivity index (χ0v) is 14.2. The summed E-state index contributed by atoms with van der Waals surface area (Å²) in [6.45, 7) is 0. The summed E-state index contributed by atoms with van der Waals surface area (Å²) < 4.78 is 1.96. The first kappa shape index (κ1) is 15.5. The highest BCUT2D eigenvalue weighted by Gasteiger charge is 2.15. The van der Waals surface area contributed by atoms with Gasteiger partial charge in [0.15, 0.2) is 4.96 Å². The highest BCUT2D eigenvalue weighted by molar-refractivity contribution is 7.17. The third-order valence-electron chi connectivity index (χ3n) is 3.53. The number of rotatable bonds is 4. The second-order valence-corrected chi connectivity index (χ2v) is 7.08. The van der Waals surface area contributed by atoms with Gasteiger partial charge in [0.2, 0.25) is 0 Å². The number of nitrogens with one attached hydrogen (secondary N) is 1. The Bertz CT molecular complexity index is 1050. The second-order valence-electron chi connectivity index (χ2n) is 5.15. The van der Waals surface area contributed by atoms with E-state index in [9.17, 15) is 14.9 Å². The summed E-state index contributed by atoms with van der Waals surface area (Å²) in [5.41, 5.74) is 2.42. The van der Waals surface area contributed by atoms with Crippen LogP contribution >= 0.6 is 22.7 Å². The van der Waals surface area contributed by atoms with E-state index < -0.39 is 4.92 Å². The van der Waals surface area contributed by atoms with Crippen molar-refractivity contribution in [1.29, 1.82) is 0 Å². The molecule has 0 spiro atoms. The molecule has 0 unspecified atom stereocenters. The molecule has 124 valence electrons. The van der Waals surface area contributed by atoms with Crippen molar-refractivity contribution in [3.63, 3.8) is 0 Å². The lowest BCUT2D eigenvalue weighted by Crippen LogP contribution is -2.09. The summed E-state index contributed by atoms with van der Waals surface area (Å²) in [7, 11) is 0. The van der Waals surface area contributed by atoms with Gasteiger partial charge in [0, 0.05) is 35.1 Å². The molecule has 1 N–H and O–H groups in total. The number of hydrogen-bond donors (Lipinski definition) is 1. The predicted octanol–water partition coefficient (Wildman–Crippen LogP) is 4.28. The highest BCUT2D eigenvalue weighted by Crippen LogP contribution is 2.26. The number of amides is 1. The molecule has 7 nitrogen and oxygen atoms in total. The van der Waals surface area contributed by atoms with E-state index in [1.165, 1.54) is 12.1 Å². The molecule has 3 aromatic heterocycles. The Morgan fingerprint density at radius 1 is 1.20 bits per heavy atom. The van der Waals surface area contributed by atoms with Crippen LogP contribution in [0.1, 0.15) is 9.67 Å². The Labute approximate surface area is 149 Å². The van der Waals surface area contributed by atoms with Crippen LogP contribution in [0.4, 0.5) is 10.7 Å². The van der Waals surface area contributed by atoms with Crippen LogP contribution in [0.2, 0.25) is 0 Å². The lowest BCUT2D eigenvalue weighted by molar-refractivity contribution is -0.380. The fraction of sp³-hybridized carbons (Fsp3) is 0. The van der Waals surface area contributed by atoms with Crippen molar-refractivity contribution in [3.8, 4) is 11.3 Å². The number of thiophene rings is 1. The molecular weight excluding hydrogens is 360 g/mol. The molecule has 0 fully saturated rings. The molecule has 0 aliphatic carbocycles. The normalized spacial score (nSPS) is 10.9. The van der Waals surface area contributed by atoms with Crippen LogP contribution in [0.25, 0.3) is 16.2 Å². The first-order valence-corrected chi connectivity index (χ1v) is 8.88. The van der Waals surface area contributed by atoms with Crippen LogP contribution in [0, 0.1) is 10.1 Å². The average Bonchev–Trinajstić information content (AvgIpc) is 3.31. The van der Waals surface area contributed by atoms with Crippen molar-refractivity contribution < 1.29 is 9.72 Å². The van der Waals surface area contributed by atoms with Gasteiger partial charge in [-0.1, -0.05) is 23.5 Å². The van der Waals surface area contributed by atoms with Crippen LogP contribution in [-0.4, -0.2) is 20.2 Å². The number of benzene rings is 1. The molecule has 1 amide bonds. The molecule has 25 heavy (non-hydrogen) atoms. The predicted molar refractivity (Wildman–Crippen MR) is 97.4 cm³/mol. The van der Waals surface area contributed by atoms with E-state index in [1.807, 2.05) is 34.3 Å². The second kappa shape index (κ2) is 6.11. The molecule has 4 rings (SSSR count). The van der Waals surface area contributed by atoms with Gasteiger partial charge in [0.1, 0.15) is 0 Å². The van der Waals surface area contributed by atoms with Gasteiger partial charge >= 0.3 is 5.00 Å². The first-order valence-electron chi connectivity index (χ1n) is 7.18. The Morgan fingerprint density at radius 3 is 2.68 bits per heavy atom. The number of carbonyl (C=O) groups excluding carboxylic acids is 1. The van der Waals surface area contributed by atoms with Crippen molar-refractivity contribution in [3.05, 3.63) is 69.2 Å². The van der Waals surface area contributed by atoms with Crippen molar-refractivity contribution in [2.75, 3.05) is 5.32 Å². The fourth-order valence-electron chi connectivity index (χ4n) is 2.33. The summed E-state index contributed by atoms with van der Waals surface area (Å²) in [5, 5.41) is 15.3. The summed E-state index contributed by atoms with van der Waals surface area (Å²) in [6, 6.07) is 10.1. The number of nitrogens with zero attached hydrogens (tertiary/aromatic N) is 3. The van der Waals surface area contributed by atoms with Gasteiger partial charge in [0.25, 0.3) is 5.91 Å². The largest absolute Gasteiger partial charge is 0.324 e. The lowest BCUT2D eigenvalue weighted by Gasteiger charge is -2.04. The molecular formula is C16H10N4O3S2. The number of nitro groups is 1. The number of anilines is 1. The van der Waals surface area contributed by atoms with Crippen LogP contribution in [-0.2, 0) is 0 Å². The van der Waals surface area contributed by atoms with Crippen molar-refractivity contribution in [2.24, 2.45) is 0 Å². The topological polar surface area (TPSA) is 89.5 Å². The molecule has 0 aliphatic rings. The van der Waals surface area contributed by atoms with Gasteiger partial charge in [-0.15, -0.1) is 11.3 Å². The number of thiazole rings is 1. The number of imidazole rings is 1. The molecule has 0 bridgehead atoms. The van der Waals surface area contributed by atoms with Gasteiger partial charge in [-0.25, -0.2) is 4.98 Å². The number of hydrogen-bond acceptors (Lipinski definition) is 6. The minimum Gasteiger partial charge on any atom is -0.321 e. The molecule has 1 aromatic carbocycles. The molecule has 9 heteroatoms. The first-order chi connectivity index (χ1) is 12.1. The molecule has 0 radical (unpaired) electrons. The Hall–Kier alpha value is -3.04. The van der Waals surface area contributed by atoms with Crippen molar-refractivity contribution in [2.45, 2.75) is 0 Å². The van der Waals surface area contributed by atoms with Gasteiger partial charge in [0.05, 0.1) is 15.5 Å². The van der Waals surface area contributed by atoms with Gasteiger partial charge in [-0.3, -0.25) is 19.3 Å². The van der Waals surface area contributed by atoms with Crippen LogP contribution in [0.15, 0.2) is 54.2 Å². The Morgan fingerprint density at radius 2 is 2.00 bits per heavy atom. The molecule has 0 aliphatic heterocycles. The molecule has 0 atom stereocenters.